The highest BCUT2D eigenvalue weighted by atomic mass is 16.7. The van der Waals surface area contributed by atoms with E-state index in [9.17, 15) is 60.7 Å². The van der Waals surface area contributed by atoms with Crippen LogP contribution in [-0.4, -0.2) is 29.5 Å². The molecule has 0 fully saturated rings. The van der Waals surface area contributed by atoms with Crippen LogP contribution in [0, 0.1) is 60.7 Å². The highest BCUT2D eigenvalue weighted by Crippen LogP contribution is 2.36. The first kappa shape index (κ1) is 28.1. The summed E-state index contributed by atoms with van der Waals surface area (Å²) in [5, 5.41) is 68.6. The minimum atomic E-state index is -1.01. The molecule has 0 atom stereocenters. The predicted octanol–water partition coefficient (Wildman–Crippen LogP) is 5.48. The fourth-order valence-corrected chi connectivity index (χ4v) is 3.61. The minimum absolute atomic E-state index is 0.295. The fraction of sp³-hybridized carbons (Fsp3) is 0. The van der Waals surface area contributed by atoms with E-state index in [0.29, 0.717) is 6.07 Å². The molecule has 18 heteroatoms. The van der Waals surface area contributed by atoms with Crippen LogP contribution in [0.3, 0.4) is 0 Å². The molecule has 0 unspecified atom stereocenters. The summed E-state index contributed by atoms with van der Waals surface area (Å²) in [6, 6.07) is 7.88. The molecule has 40 heavy (non-hydrogen) atoms. The molecule has 0 aliphatic rings. The minimum Gasteiger partial charge on any atom is -0.258 e. The molecule has 0 N–H and O–H groups in total. The number of hydrogen-bond acceptors (Lipinski definition) is 12. The normalized spacial score (nSPS) is 11.0. The molecule has 0 radical (unpaired) electrons. The zero-order valence-electron chi connectivity index (χ0n) is 19.5. The van der Waals surface area contributed by atoms with Crippen LogP contribution in [-0.2, 0) is 0 Å². The average Bonchev–Trinajstić information content (AvgIpc) is 2.89. The van der Waals surface area contributed by atoms with Crippen LogP contribution in [0.2, 0.25) is 0 Å². The Bertz CT molecular complexity index is 1560. The summed E-state index contributed by atoms with van der Waals surface area (Å²) in [4.78, 5) is 62.6. The molecule has 0 aliphatic heterocycles. The van der Waals surface area contributed by atoms with E-state index in [-0.39, 0.29) is 22.3 Å². The zero-order chi connectivity index (χ0) is 29.7. The maximum absolute atomic E-state index is 11.6. The summed E-state index contributed by atoms with van der Waals surface area (Å²) in [5.41, 5.74) is -6.29. The van der Waals surface area contributed by atoms with Gasteiger partial charge in [0, 0.05) is 12.1 Å². The van der Waals surface area contributed by atoms with Gasteiger partial charge < -0.3 is 0 Å². The second-order valence-electron chi connectivity index (χ2n) is 7.61. The van der Waals surface area contributed by atoms with Crippen molar-refractivity contribution in [3.8, 4) is 0 Å². The van der Waals surface area contributed by atoms with Gasteiger partial charge in [-0.25, -0.2) is 0 Å². The van der Waals surface area contributed by atoms with E-state index >= 15 is 0 Å². The lowest BCUT2D eigenvalue weighted by Crippen LogP contribution is -1.99. The highest BCUT2D eigenvalue weighted by molar-refractivity contribution is 5.85. The van der Waals surface area contributed by atoms with Crippen molar-refractivity contribution in [2.75, 3.05) is 0 Å². The van der Waals surface area contributed by atoms with Gasteiger partial charge in [-0.3, -0.25) is 60.7 Å². The molecular weight excluding hydrogens is 540 g/mol. The van der Waals surface area contributed by atoms with Crippen molar-refractivity contribution in [3.63, 3.8) is 0 Å². The second-order valence-corrected chi connectivity index (χ2v) is 7.61. The topological polar surface area (TPSA) is 259 Å². The van der Waals surface area contributed by atoms with Crippen molar-refractivity contribution in [2.45, 2.75) is 0 Å². The Morgan fingerprint density at radius 3 is 1.02 bits per heavy atom. The zero-order valence-corrected chi connectivity index (χ0v) is 19.5. The van der Waals surface area contributed by atoms with E-state index in [1.807, 2.05) is 0 Å². The lowest BCUT2D eigenvalue weighted by Gasteiger charge is -2.04. The third-order valence-electron chi connectivity index (χ3n) is 5.30. The number of benzene rings is 3. The predicted molar refractivity (Wildman–Crippen MR) is 137 cm³/mol. The van der Waals surface area contributed by atoms with Gasteiger partial charge in [0.25, 0.3) is 11.4 Å². The maximum atomic E-state index is 11.6. The maximum Gasteiger partial charge on any atom is 0.353 e. The Morgan fingerprint density at radius 2 is 0.725 bits per heavy atom. The summed E-state index contributed by atoms with van der Waals surface area (Å²) in [6.07, 6.45) is 3.89. The summed E-state index contributed by atoms with van der Waals surface area (Å²) in [7, 11) is 0. The molecular formula is C22H12N6O12. The van der Waals surface area contributed by atoms with E-state index in [1.54, 1.807) is 0 Å². The largest absolute Gasteiger partial charge is 0.353 e. The molecule has 0 saturated carbocycles. The molecule has 3 aromatic rings. The molecule has 18 nitrogen and oxygen atoms in total. The molecule has 0 aromatic heterocycles. The third-order valence-corrected chi connectivity index (χ3v) is 5.30. The van der Waals surface area contributed by atoms with Crippen LogP contribution in [0.5, 0.6) is 0 Å². The van der Waals surface area contributed by atoms with Crippen LogP contribution in [0.4, 0.5) is 34.1 Å². The first-order chi connectivity index (χ1) is 18.8. The molecule has 3 aromatic carbocycles. The first-order valence-electron chi connectivity index (χ1n) is 10.5. The van der Waals surface area contributed by atoms with E-state index in [4.69, 9.17) is 0 Å². The van der Waals surface area contributed by atoms with Gasteiger partial charge in [-0.1, -0.05) is 12.1 Å². The summed E-state index contributed by atoms with van der Waals surface area (Å²) < 4.78 is 0. The van der Waals surface area contributed by atoms with E-state index in [1.165, 1.54) is 0 Å². The van der Waals surface area contributed by atoms with Gasteiger partial charge in [-0.05, 0) is 42.5 Å². The molecule has 0 spiro atoms. The summed E-state index contributed by atoms with van der Waals surface area (Å²) in [5.74, 6) is 0. The standard InChI is InChI=1S/C22H12N6O12/c29-23(30)17-5-1-3-13(21(17)27(37)38)7-9-15-11-16(20(26(35)36)12-19(15)25(33)34)10-8-14-4-2-6-18(24(31)32)22(14)28(39)40/h1-12H/b9-7+,10-8+. The Labute approximate surface area is 220 Å². The van der Waals surface area contributed by atoms with Crippen molar-refractivity contribution in [3.05, 3.63) is 131 Å². The third kappa shape index (κ3) is 5.75. The van der Waals surface area contributed by atoms with E-state index in [0.717, 1.165) is 66.8 Å². The average molecular weight is 552 g/mol. The van der Waals surface area contributed by atoms with Gasteiger partial charge in [0.05, 0.1) is 57.9 Å². The molecule has 0 aliphatic carbocycles. The summed E-state index contributed by atoms with van der Waals surface area (Å²) >= 11 is 0. The Balaban J connectivity index is 2.22. The van der Waals surface area contributed by atoms with Crippen LogP contribution >= 0.6 is 0 Å². The van der Waals surface area contributed by atoms with Crippen molar-refractivity contribution < 1.29 is 29.5 Å². The number of nitro benzene ring substituents is 6. The first-order valence-corrected chi connectivity index (χ1v) is 10.5. The monoisotopic (exact) mass is 552 g/mol. The number of nitrogens with zero attached hydrogens (tertiary/aromatic N) is 6. The van der Waals surface area contributed by atoms with E-state index < -0.39 is 63.7 Å². The Kier molecular flexibility index (Phi) is 7.94. The highest BCUT2D eigenvalue weighted by Gasteiger charge is 2.29. The van der Waals surface area contributed by atoms with Crippen LogP contribution in [0.1, 0.15) is 22.3 Å². The number of para-hydroxylation sites is 2. The second kappa shape index (κ2) is 11.3. The van der Waals surface area contributed by atoms with Crippen molar-refractivity contribution in [1.82, 2.24) is 0 Å². The molecule has 0 heterocycles. The number of rotatable bonds is 10. The lowest BCUT2D eigenvalue weighted by molar-refractivity contribution is -0.422. The SMILES string of the molecule is O=[N+]([O-])c1cc([N+](=O)[O-])c(/C=C/c2cccc([N+](=O)[O-])c2[N+](=O)[O-])cc1/C=C/c1cccc([N+](=O)[O-])c1[N+](=O)[O-]. The molecule has 0 saturated heterocycles. The number of hydrogen-bond donors (Lipinski definition) is 0. The van der Waals surface area contributed by atoms with Gasteiger partial charge in [0.15, 0.2) is 0 Å². The molecule has 0 bridgehead atoms. The molecule has 202 valence electrons. The van der Waals surface area contributed by atoms with Gasteiger partial charge in [0.1, 0.15) is 0 Å². The van der Waals surface area contributed by atoms with Gasteiger partial charge in [-0.2, -0.15) is 0 Å². The fourth-order valence-electron chi connectivity index (χ4n) is 3.61. The van der Waals surface area contributed by atoms with Crippen LogP contribution in [0.15, 0.2) is 48.5 Å². The van der Waals surface area contributed by atoms with Gasteiger partial charge in [0.2, 0.25) is 0 Å². The Hall–Kier alpha value is -6.46. The molecule has 0 amide bonds. The summed E-state index contributed by atoms with van der Waals surface area (Å²) in [6.45, 7) is 0. The van der Waals surface area contributed by atoms with Gasteiger partial charge >= 0.3 is 22.7 Å². The Morgan fingerprint density at radius 1 is 0.400 bits per heavy atom. The van der Waals surface area contributed by atoms with Gasteiger partial charge in [-0.15, -0.1) is 0 Å². The molecule has 3 rings (SSSR count). The smallest absolute Gasteiger partial charge is 0.258 e. The lowest BCUT2D eigenvalue weighted by atomic mass is 10.0. The van der Waals surface area contributed by atoms with Crippen molar-refractivity contribution in [1.29, 1.82) is 0 Å². The number of nitro groups is 6. The quantitative estimate of drug-likeness (QED) is 0.172. The van der Waals surface area contributed by atoms with Crippen molar-refractivity contribution in [2.24, 2.45) is 0 Å². The van der Waals surface area contributed by atoms with Crippen molar-refractivity contribution >= 4 is 58.4 Å². The van der Waals surface area contributed by atoms with E-state index in [2.05, 4.69) is 0 Å². The van der Waals surface area contributed by atoms with Crippen LogP contribution in [0.25, 0.3) is 24.3 Å². The van der Waals surface area contributed by atoms with Crippen LogP contribution < -0.4 is 0 Å².